The first-order valence-corrected chi connectivity index (χ1v) is 7.09. The molecule has 0 bridgehead atoms. The van der Waals surface area contributed by atoms with E-state index in [1.807, 2.05) is 23.4 Å². The molecule has 0 aliphatic carbocycles. The zero-order valence-electron chi connectivity index (χ0n) is 11.0. The molecule has 0 saturated carbocycles. The van der Waals surface area contributed by atoms with Crippen LogP contribution in [-0.4, -0.2) is 29.9 Å². The molecule has 2 aromatic heterocycles. The van der Waals surface area contributed by atoms with Crippen LogP contribution in [-0.2, 0) is 13.0 Å². The number of hydrogen-bond acceptors (Lipinski definition) is 5. The number of nitrogens with two attached hydrogens (primary N) is 1. The van der Waals surface area contributed by atoms with Crippen LogP contribution < -0.4 is 16.2 Å². The van der Waals surface area contributed by atoms with E-state index in [4.69, 9.17) is 5.73 Å². The van der Waals surface area contributed by atoms with Gasteiger partial charge in [-0.2, -0.15) is 5.10 Å². The zero-order valence-corrected chi connectivity index (χ0v) is 11.8. The standard InChI is InChI=1S/C13H18N4OS/c1-16(7-5-14)11-9-13(18)17(15-10-11)6-4-12-3-2-8-19-12/h2-3,8-10H,4-7,14H2,1H3. The zero-order chi connectivity index (χ0) is 13.7. The maximum Gasteiger partial charge on any atom is 0.268 e. The summed E-state index contributed by atoms with van der Waals surface area (Å²) in [6, 6.07) is 5.69. The molecule has 0 unspecified atom stereocenters. The molecule has 19 heavy (non-hydrogen) atoms. The molecule has 0 aliphatic rings. The Morgan fingerprint density at radius 1 is 1.53 bits per heavy atom. The van der Waals surface area contributed by atoms with Gasteiger partial charge in [0.25, 0.3) is 5.56 Å². The number of rotatable bonds is 6. The monoisotopic (exact) mass is 278 g/mol. The summed E-state index contributed by atoms with van der Waals surface area (Å²) >= 11 is 1.70. The van der Waals surface area contributed by atoms with E-state index in [2.05, 4.69) is 11.2 Å². The molecule has 0 saturated heterocycles. The minimum Gasteiger partial charge on any atom is -0.372 e. The van der Waals surface area contributed by atoms with E-state index in [9.17, 15) is 4.79 Å². The van der Waals surface area contributed by atoms with Crippen LogP contribution in [0.4, 0.5) is 5.69 Å². The van der Waals surface area contributed by atoms with Crippen molar-refractivity contribution >= 4 is 17.0 Å². The van der Waals surface area contributed by atoms with Crippen molar-refractivity contribution in [3.8, 4) is 0 Å². The van der Waals surface area contributed by atoms with Crippen molar-refractivity contribution < 1.29 is 0 Å². The lowest BCUT2D eigenvalue weighted by molar-refractivity contribution is 0.580. The highest BCUT2D eigenvalue weighted by Crippen LogP contribution is 2.10. The van der Waals surface area contributed by atoms with Gasteiger partial charge in [0, 0.05) is 44.0 Å². The lowest BCUT2D eigenvalue weighted by Crippen LogP contribution is -2.29. The van der Waals surface area contributed by atoms with Gasteiger partial charge in [0.1, 0.15) is 0 Å². The van der Waals surface area contributed by atoms with Gasteiger partial charge >= 0.3 is 0 Å². The Kier molecular flexibility index (Phi) is 4.70. The van der Waals surface area contributed by atoms with Gasteiger partial charge in [-0.15, -0.1) is 11.3 Å². The summed E-state index contributed by atoms with van der Waals surface area (Å²) in [4.78, 5) is 15.1. The van der Waals surface area contributed by atoms with E-state index < -0.39 is 0 Å². The van der Waals surface area contributed by atoms with Gasteiger partial charge in [-0.3, -0.25) is 4.79 Å². The van der Waals surface area contributed by atoms with Crippen LogP contribution in [0, 0.1) is 0 Å². The normalized spacial score (nSPS) is 10.6. The Hall–Kier alpha value is -1.66. The Balaban J connectivity index is 2.05. The number of anilines is 1. The molecule has 0 amide bonds. The van der Waals surface area contributed by atoms with E-state index >= 15 is 0 Å². The first-order chi connectivity index (χ1) is 9.20. The summed E-state index contributed by atoms with van der Waals surface area (Å²) in [7, 11) is 1.90. The molecule has 0 fully saturated rings. The summed E-state index contributed by atoms with van der Waals surface area (Å²) < 4.78 is 1.50. The van der Waals surface area contributed by atoms with Crippen molar-refractivity contribution in [3.05, 3.63) is 45.0 Å². The summed E-state index contributed by atoms with van der Waals surface area (Å²) in [5.41, 5.74) is 6.23. The van der Waals surface area contributed by atoms with Gasteiger partial charge in [-0.05, 0) is 11.4 Å². The second-order valence-electron chi connectivity index (χ2n) is 4.31. The second kappa shape index (κ2) is 6.49. The molecule has 0 spiro atoms. The summed E-state index contributed by atoms with van der Waals surface area (Å²) in [5.74, 6) is 0. The predicted octanol–water partition coefficient (Wildman–Crippen LogP) is 0.942. The maximum atomic E-state index is 12.0. The predicted molar refractivity (Wildman–Crippen MR) is 78.8 cm³/mol. The average molecular weight is 278 g/mol. The minimum absolute atomic E-state index is 0.0714. The summed E-state index contributed by atoms with van der Waals surface area (Å²) in [5, 5.41) is 6.25. The van der Waals surface area contributed by atoms with Crippen LogP contribution in [0.5, 0.6) is 0 Å². The molecule has 2 aromatic rings. The second-order valence-corrected chi connectivity index (χ2v) is 5.35. The van der Waals surface area contributed by atoms with Crippen LogP contribution in [0.1, 0.15) is 4.88 Å². The molecule has 2 heterocycles. The molecular formula is C13H18N4OS. The fraction of sp³-hybridized carbons (Fsp3) is 0.385. The largest absolute Gasteiger partial charge is 0.372 e. The van der Waals surface area contributed by atoms with Crippen LogP contribution in [0.15, 0.2) is 34.6 Å². The lowest BCUT2D eigenvalue weighted by atomic mass is 10.3. The average Bonchev–Trinajstić information content (AvgIpc) is 2.90. The van der Waals surface area contributed by atoms with Gasteiger partial charge < -0.3 is 10.6 Å². The molecule has 2 N–H and O–H groups in total. The van der Waals surface area contributed by atoms with Crippen LogP contribution in [0.25, 0.3) is 0 Å². The first-order valence-electron chi connectivity index (χ1n) is 6.21. The Morgan fingerprint density at radius 3 is 3.00 bits per heavy atom. The molecule has 5 nitrogen and oxygen atoms in total. The Morgan fingerprint density at radius 2 is 2.37 bits per heavy atom. The van der Waals surface area contributed by atoms with Crippen LogP contribution >= 0.6 is 11.3 Å². The molecule has 0 aliphatic heterocycles. The molecule has 2 rings (SSSR count). The number of likely N-dealkylation sites (N-methyl/N-ethyl adjacent to an activating group) is 1. The minimum atomic E-state index is -0.0714. The third-order valence-corrected chi connectivity index (χ3v) is 3.85. The van der Waals surface area contributed by atoms with Crippen LogP contribution in [0.2, 0.25) is 0 Å². The number of aryl methyl sites for hydroxylation is 2. The molecule has 0 atom stereocenters. The number of aromatic nitrogens is 2. The third-order valence-electron chi connectivity index (χ3n) is 2.91. The maximum absolute atomic E-state index is 12.0. The Bertz CT molecular complexity index is 564. The number of nitrogens with zero attached hydrogens (tertiary/aromatic N) is 3. The number of hydrogen-bond donors (Lipinski definition) is 1. The van der Waals surface area contributed by atoms with Gasteiger partial charge in [0.2, 0.25) is 0 Å². The van der Waals surface area contributed by atoms with Gasteiger partial charge in [0.15, 0.2) is 0 Å². The van der Waals surface area contributed by atoms with Crippen molar-refractivity contribution in [2.24, 2.45) is 5.73 Å². The highest BCUT2D eigenvalue weighted by Gasteiger charge is 2.04. The van der Waals surface area contributed by atoms with Gasteiger partial charge in [0.05, 0.1) is 11.9 Å². The van der Waals surface area contributed by atoms with Gasteiger partial charge in [-0.1, -0.05) is 6.07 Å². The first kappa shape index (κ1) is 13.8. The fourth-order valence-corrected chi connectivity index (χ4v) is 2.49. The highest BCUT2D eigenvalue weighted by molar-refractivity contribution is 7.09. The smallest absolute Gasteiger partial charge is 0.268 e. The SMILES string of the molecule is CN(CCN)c1cnn(CCc2cccs2)c(=O)c1. The van der Waals surface area contributed by atoms with Crippen molar-refractivity contribution in [3.63, 3.8) is 0 Å². The van der Waals surface area contributed by atoms with Gasteiger partial charge in [-0.25, -0.2) is 4.68 Å². The van der Waals surface area contributed by atoms with E-state index in [0.717, 1.165) is 12.1 Å². The van der Waals surface area contributed by atoms with Crippen molar-refractivity contribution in [2.75, 3.05) is 25.0 Å². The topological polar surface area (TPSA) is 64.2 Å². The van der Waals surface area contributed by atoms with Crippen LogP contribution in [0.3, 0.4) is 0 Å². The highest BCUT2D eigenvalue weighted by atomic mass is 32.1. The quantitative estimate of drug-likeness (QED) is 0.854. The van der Waals surface area contributed by atoms with E-state index in [0.29, 0.717) is 19.6 Å². The molecular weight excluding hydrogens is 260 g/mol. The van der Waals surface area contributed by atoms with E-state index in [1.165, 1.54) is 9.56 Å². The Labute approximate surface area is 116 Å². The molecule has 6 heteroatoms. The summed E-state index contributed by atoms with van der Waals surface area (Å²) in [6.07, 6.45) is 2.55. The molecule has 0 radical (unpaired) electrons. The van der Waals surface area contributed by atoms with E-state index in [1.54, 1.807) is 23.6 Å². The molecule has 102 valence electrons. The fourth-order valence-electron chi connectivity index (χ4n) is 1.79. The lowest BCUT2D eigenvalue weighted by Gasteiger charge is -2.17. The third kappa shape index (κ3) is 3.65. The molecule has 0 aromatic carbocycles. The van der Waals surface area contributed by atoms with Crippen molar-refractivity contribution in [2.45, 2.75) is 13.0 Å². The number of thiophene rings is 1. The summed E-state index contributed by atoms with van der Waals surface area (Å²) in [6.45, 7) is 1.87. The van der Waals surface area contributed by atoms with Crippen molar-refractivity contribution in [1.29, 1.82) is 0 Å². The van der Waals surface area contributed by atoms with Crippen molar-refractivity contribution in [1.82, 2.24) is 9.78 Å². The van der Waals surface area contributed by atoms with E-state index in [-0.39, 0.29) is 5.56 Å².